The molecule has 0 aliphatic heterocycles. The van der Waals surface area contributed by atoms with Crippen molar-refractivity contribution in [2.75, 3.05) is 0 Å². The van der Waals surface area contributed by atoms with Crippen LogP contribution >= 0.6 is 0 Å². The molecular formula is C12H15F2N. The maximum absolute atomic E-state index is 13.4. The monoisotopic (exact) mass is 211 g/mol. The lowest BCUT2D eigenvalue weighted by Crippen LogP contribution is -2.26. The smallest absolute Gasteiger partial charge is 0.129 e. The minimum atomic E-state index is -0.483. The normalized spacial score (nSPS) is 19.7. The van der Waals surface area contributed by atoms with Gasteiger partial charge in [0.2, 0.25) is 0 Å². The number of halogens is 2. The van der Waals surface area contributed by atoms with Crippen molar-refractivity contribution in [3.05, 3.63) is 34.9 Å². The molecule has 1 aromatic carbocycles. The lowest BCUT2D eigenvalue weighted by Gasteiger charge is -2.17. The maximum Gasteiger partial charge on any atom is 0.129 e. The number of benzene rings is 1. The molecule has 0 bridgehead atoms. The molecule has 0 radical (unpaired) electrons. The maximum atomic E-state index is 13.4. The van der Waals surface area contributed by atoms with Gasteiger partial charge in [0.05, 0.1) is 0 Å². The van der Waals surface area contributed by atoms with Crippen molar-refractivity contribution in [2.24, 2.45) is 0 Å². The third-order valence-corrected chi connectivity index (χ3v) is 2.79. The summed E-state index contributed by atoms with van der Waals surface area (Å²) in [6.07, 6.45) is 1.56. The summed E-state index contributed by atoms with van der Waals surface area (Å²) in [4.78, 5) is 0. The highest BCUT2D eigenvalue weighted by Crippen LogP contribution is 2.33. The lowest BCUT2D eigenvalue weighted by molar-refractivity contribution is 0.473. The minimum Gasteiger partial charge on any atom is -0.308 e. The van der Waals surface area contributed by atoms with Crippen molar-refractivity contribution in [1.82, 2.24) is 5.32 Å². The summed E-state index contributed by atoms with van der Waals surface area (Å²) >= 11 is 0. The van der Waals surface area contributed by atoms with Crippen LogP contribution in [0.1, 0.15) is 37.4 Å². The van der Waals surface area contributed by atoms with Gasteiger partial charge in [-0.05, 0) is 30.0 Å². The number of rotatable bonds is 2. The molecule has 2 rings (SSSR count). The molecule has 0 saturated heterocycles. The Balaban J connectivity index is 2.33. The number of nitrogens with one attached hydrogen (secondary N) is 1. The summed E-state index contributed by atoms with van der Waals surface area (Å²) < 4.78 is 26.5. The van der Waals surface area contributed by atoms with Gasteiger partial charge in [0.25, 0.3) is 0 Å². The van der Waals surface area contributed by atoms with E-state index in [1.807, 2.05) is 13.8 Å². The van der Waals surface area contributed by atoms with E-state index in [1.54, 1.807) is 0 Å². The van der Waals surface area contributed by atoms with Crippen molar-refractivity contribution in [3.63, 3.8) is 0 Å². The Morgan fingerprint density at radius 3 is 2.73 bits per heavy atom. The van der Waals surface area contributed by atoms with E-state index in [-0.39, 0.29) is 6.04 Å². The SMILES string of the molecule is CC(C)NC1CCc2c(F)cc(F)cc21. The van der Waals surface area contributed by atoms with Gasteiger partial charge in [-0.1, -0.05) is 13.8 Å². The van der Waals surface area contributed by atoms with E-state index in [1.165, 1.54) is 6.07 Å². The van der Waals surface area contributed by atoms with Crippen molar-refractivity contribution in [3.8, 4) is 0 Å². The largest absolute Gasteiger partial charge is 0.308 e. The van der Waals surface area contributed by atoms with E-state index >= 15 is 0 Å². The van der Waals surface area contributed by atoms with E-state index in [4.69, 9.17) is 0 Å². The fraction of sp³-hybridized carbons (Fsp3) is 0.500. The van der Waals surface area contributed by atoms with Crippen molar-refractivity contribution >= 4 is 0 Å². The number of fused-ring (bicyclic) bond motifs is 1. The fourth-order valence-electron chi connectivity index (χ4n) is 2.22. The molecular weight excluding hydrogens is 196 g/mol. The van der Waals surface area contributed by atoms with Crippen LogP contribution in [0.3, 0.4) is 0 Å². The first kappa shape index (κ1) is 10.6. The molecule has 0 spiro atoms. The van der Waals surface area contributed by atoms with E-state index in [0.717, 1.165) is 18.1 Å². The molecule has 0 aromatic heterocycles. The van der Waals surface area contributed by atoms with Gasteiger partial charge >= 0.3 is 0 Å². The lowest BCUT2D eigenvalue weighted by atomic mass is 10.1. The predicted octanol–water partition coefficient (Wildman–Crippen LogP) is 2.95. The van der Waals surface area contributed by atoms with Crippen LogP contribution in [-0.2, 0) is 6.42 Å². The summed E-state index contributed by atoms with van der Waals surface area (Å²) in [5.74, 6) is -0.887. The Labute approximate surface area is 88.5 Å². The molecule has 0 heterocycles. The first-order chi connectivity index (χ1) is 7.08. The van der Waals surface area contributed by atoms with Crippen LogP contribution in [0.4, 0.5) is 8.78 Å². The molecule has 82 valence electrons. The van der Waals surface area contributed by atoms with E-state index in [0.29, 0.717) is 18.0 Å². The van der Waals surface area contributed by atoms with Gasteiger partial charge in [-0.3, -0.25) is 0 Å². The Bertz CT molecular complexity index is 374. The quantitative estimate of drug-likeness (QED) is 0.793. The van der Waals surface area contributed by atoms with E-state index in [9.17, 15) is 8.78 Å². The molecule has 0 fully saturated rings. The molecule has 1 aliphatic rings. The molecule has 1 aliphatic carbocycles. The van der Waals surface area contributed by atoms with Crippen molar-refractivity contribution < 1.29 is 8.78 Å². The summed E-state index contributed by atoms with van der Waals surface area (Å²) in [6.45, 7) is 4.07. The van der Waals surface area contributed by atoms with Crippen LogP contribution in [0.25, 0.3) is 0 Å². The second-order valence-electron chi connectivity index (χ2n) is 4.37. The molecule has 0 saturated carbocycles. The predicted molar refractivity (Wildman–Crippen MR) is 55.7 cm³/mol. The van der Waals surface area contributed by atoms with Gasteiger partial charge in [-0.25, -0.2) is 8.78 Å². The summed E-state index contributed by atoms with van der Waals surface area (Å²) in [5, 5.41) is 3.32. The molecule has 1 atom stereocenters. The first-order valence-corrected chi connectivity index (χ1v) is 5.32. The highest BCUT2D eigenvalue weighted by atomic mass is 19.1. The zero-order valence-electron chi connectivity index (χ0n) is 8.98. The topological polar surface area (TPSA) is 12.0 Å². The zero-order chi connectivity index (χ0) is 11.0. The van der Waals surface area contributed by atoms with Gasteiger partial charge in [0.15, 0.2) is 0 Å². The fourth-order valence-corrected chi connectivity index (χ4v) is 2.22. The average molecular weight is 211 g/mol. The first-order valence-electron chi connectivity index (χ1n) is 5.32. The van der Waals surface area contributed by atoms with Gasteiger partial charge in [0.1, 0.15) is 11.6 Å². The van der Waals surface area contributed by atoms with Gasteiger partial charge < -0.3 is 5.32 Å². The molecule has 1 aromatic rings. The van der Waals surface area contributed by atoms with Crippen LogP contribution in [0.2, 0.25) is 0 Å². The molecule has 1 N–H and O–H groups in total. The standard InChI is InChI=1S/C12H15F2N/c1-7(2)15-12-4-3-9-10(12)5-8(13)6-11(9)14/h5-7,12,15H,3-4H2,1-2H3. The number of hydrogen-bond acceptors (Lipinski definition) is 1. The molecule has 0 amide bonds. The third kappa shape index (κ3) is 2.02. The van der Waals surface area contributed by atoms with Crippen LogP contribution in [0, 0.1) is 11.6 Å². The van der Waals surface area contributed by atoms with Crippen molar-refractivity contribution in [2.45, 2.75) is 38.8 Å². The molecule has 1 nitrogen and oxygen atoms in total. The van der Waals surface area contributed by atoms with E-state index < -0.39 is 11.6 Å². The van der Waals surface area contributed by atoms with E-state index in [2.05, 4.69) is 5.32 Å². The van der Waals surface area contributed by atoms with Gasteiger partial charge in [0, 0.05) is 18.2 Å². The molecule has 15 heavy (non-hydrogen) atoms. The Morgan fingerprint density at radius 2 is 2.07 bits per heavy atom. The molecule has 3 heteroatoms. The third-order valence-electron chi connectivity index (χ3n) is 2.79. The second-order valence-corrected chi connectivity index (χ2v) is 4.37. The van der Waals surface area contributed by atoms with Crippen LogP contribution < -0.4 is 5.32 Å². The van der Waals surface area contributed by atoms with Gasteiger partial charge in [-0.15, -0.1) is 0 Å². The van der Waals surface area contributed by atoms with Crippen molar-refractivity contribution in [1.29, 1.82) is 0 Å². The highest BCUT2D eigenvalue weighted by Gasteiger charge is 2.26. The molecule has 1 unspecified atom stereocenters. The number of hydrogen-bond donors (Lipinski definition) is 1. The Kier molecular flexibility index (Phi) is 2.74. The average Bonchev–Trinajstić information content (AvgIpc) is 2.48. The summed E-state index contributed by atoms with van der Waals surface area (Å²) in [6, 6.07) is 2.85. The highest BCUT2D eigenvalue weighted by molar-refractivity contribution is 5.36. The summed E-state index contributed by atoms with van der Waals surface area (Å²) in [5.41, 5.74) is 1.47. The second kappa shape index (κ2) is 3.89. The zero-order valence-corrected chi connectivity index (χ0v) is 8.98. The minimum absolute atomic E-state index is 0.102. The van der Waals surface area contributed by atoms with Crippen LogP contribution in [0.15, 0.2) is 12.1 Å². The van der Waals surface area contributed by atoms with Crippen LogP contribution in [0.5, 0.6) is 0 Å². The Morgan fingerprint density at radius 1 is 1.33 bits per heavy atom. The Hall–Kier alpha value is -0.960. The van der Waals surface area contributed by atoms with Gasteiger partial charge in [-0.2, -0.15) is 0 Å². The summed E-state index contributed by atoms with van der Waals surface area (Å²) in [7, 11) is 0. The van der Waals surface area contributed by atoms with Crippen LogP contribution in [-0.4, -0.2) is 6.04 Å².